The van der Waals surface area contributed by atoms with E-state index in [0.29, 0.717) is 0 Å². The molecule has 0 atom stereocenters. The Morgan fingerprint density at radius 1 is 1.27 bits per heavy atom. The third-order valence-electron chi connectivity index (χ3n) is 1.91. The summed E-state index contributed by atoms with van der Waals surface area (Å²) in [5, 5.41) is 0. The Bertz CT molecular complexity index is 322. The summed E-state index contributed by atoms with van der Waals surface area (Å²) < 4.78 is 40.1. The molecule has 0 bridgehead atoms. The van der Waals surface area contributed by atoms with Crippen LogP contribution in [0.5, 0.6) is 5.88 Å². The van der Waals surface area contributed by atoms with Gasteiger partial charge in [0.1, 0.15) is 0 Å². The van der Waals surface area contributed by atoms with Gasteiger partial charge in [0.2, 0.25) is 0 Å². The SMILES string of the molecule is CC(C)(C)c1c[nH]c(OCC(F)(F)F)c1. The molecule has 1 rings (SSSR count). The van der Waals surface area contributed by atoms with Crippen molar-refractivity contribution in [3.63, 3.8) is 0 Å². The number of aromatic amines is 1. The molecule has 0 radical (unpaired) electrons. The zero-order valence-corrected chi connectivity index (χ0v) is 8.90. The quantitative estimate of drug-likeness (QED) is 0.814. The van der Waals surface area contributed by atoms with Gasteiger partial charge in [0, 0.05) is 12.3 Å². The number of aromatic nitrogens is 1. The molecule has 2 nitrogen and oxygen atoms in total. The Hall–Kier alpha value is -1.13. The number of ether oxygens (including phenoxy) is 1. The van der Waals surface area contributed by atoms with Gasteiger partial charge in [-0.25, -0.2) is 0 Å². The molecule has 1 aromatic rings. The molecular formula is C10H14F3NO. The van der Waals surface area contributed by atoms with E-state index < -0.39 is 12.8 Å². The maximum Gasteiger partial charge on any atom is 0.422 e. The van der Waals surface area contributed by atoms with Crippen LogP contribution in [0.4, 0.5) is 13.2 Å². The summed E-state index contributed by atoms with van der Waals surface area (Å²) in [5.74, 6) is 0.150. The van der Waals surface area contributed by atoms with Crippen LogP contribution in [-0.2, 0) is 5.41 Å². The van der Waals surface area contributed by atoms with Crippen LogP contribution in [0.3, 0.4) is 0 Å². The Morgan fingerprint density at radius 3 is 2.27 bits per heavy atom. The molecule has 1 heterocycles. The lowest BCUT2D eigenvalue weighted by Gasteiger charge is -2.15. The van der Waals surface area contributed by atoms with Crippen molar-refractivity contribution in [1.29, 1.82) is 0 Å². The average molecular weight is 221 g/mol. The number of H-pyrrole nitrogens is 1. The molecule has 1 aromatic heterocycles. The number of alkyl halides is 3. The second-order valence-electron chi connectivity index (χ2n) is 4.41. The fourth-order valence-electron chi connectivity index (χ4n) is 1.05. The minimum atomic E-state index is -4.30. The highest BCUT2D eigenvalue weighted by molar-refractivity contribution is 5.27. The van der Waals surface area contributed by atoms with Crippen molar-refractivity contribution in [2.24, 2.45) is 0 Å². The second kappa shape index (κ2) is 3.79. The van der Waals surface area contributed by atoms with Gasteiger partial charge in [-0.3, -0.25) is 0 Å². The standard InChI is InChI=1S/C10H14F3NO/c1-9(2,3)7-4-8(14-5-7)15-6-10(11,12)13/h4-5,14H,6H2,1-3H3. The third kappa shape index (κ3) is 3.85. The van der Waals surface area contributed by atoms with Gasteiger partial charge in [-0.05, 0) is 11.0 Å². The molecule has 0 fully saturated rings. The van der Waals surface area contributed by atoms with E-state index in [9.17, 15) is 13.2 Å². The van der Waals surface area contributed by atoms with E-state index in [4.69, 9.17) is 0 Å². The molecule has 15 heavy (non-hydrogen) atoms. The highest BCUT2D eigenvalue weighted by Crippen LogP contribution is 2.26. The molecule has 0 aromatic carbocycles. The molecule has 5 heteroatoms. The Morgan fingerprint density at radius 2 is 1.87 bits per heavy atom. The zero-order chi connectivity index (χ0) is 11.7. The Balaban J connectivity index is 2.62. The lowest BCUT2D eigenvalue weighted by Crippen LogP contribution is -2.19. The molecule has 86 valence electrons. The van der Waals surface area contributed by atoms with Gasteiger partial charge in [0.25, 0.3) is 0 Å². The van der Waals surface area contributed by atoms with E-state index in [1.807, 2.05) is 20.8 Å². The van der Waals surface area contributed by atoms with Crippen LogP contribution >= 0.6 is 0 Å². The highest BCUT2D eigenvalue weighted by atomic mass is 19.4. The molecule has 0 saturated heterocycles. The first kappa shape index (κ1) is 11.9. The van der Waals surface area contributed by atoms with Crippen molar-refractivity contribution >= 4 is 0 Å². The summed E-state index contributed by atoms with van der Waals surface area (Å²) in [6.45, 7) is 4.66. The van der Waals surface area contributed by atoms with Crippen LogP contribution in [0.25, 0.3) is 0 Å². The number of rotatable bonds is 2. The molecule has 0 spiro atoms. The lowest BCUT2D eigenvalue weighted by molar-refractivity contribution is -0.154. The van der Waals surface area contributed by atoms with Crippen molar-refractivity contribution in [2.75, 3.05) is 6.61 Å². The van der Waals surface area contributed by atoms with Gasteiger partial charge >= 0.3 is 6.18 Å². The van der Waals surface area contributed by atoms with E-state index in [0.717, 1.165) is 5.56 Å². The smallest absolute Gasteiger partial charge is 0.422 e. The topological polar surface area (TPSA) is 25.0 Å². The summed E-state index contributed by atoms with van der Waals surface area (Å²) in [7, 11) is 0. The van der Waals surface area contributed by atoms with Crippen LogP contribution in [0.2, 0.25) is 0 Å². The number of halogens is 3. The molecule has 0 amide bonds. The predicted octanol–water partition coefficient (Wildman–Crippen LogP) is 3.25. The normalized spacial score (nSPS) is 12.9. The minimum Gasteiger partial charge on any atom is -0.469 e. The highest BCUT2D eigenvalue weighted by Gasteiger charge is 2.28. The fourth-order valence-corrected chi connectivity index (χ4v) is 1.05. The fraction of sp³-hybridized carbons (Fsp3) is 0.600. The lowest BCUT2D eigenvalue weighted by atomic mass is 9.89. The number of hydrogen-bond donors (Lipinski definition) is 1. The van der Waals surface area contributed by atoms with E-state index in [2.05, 4.69) is 9.72 Å². The van der Waals surface area contributed by atoms with Crippen LogP contribution < -0.4 is 4.74 Å². The number of hydrogen-bond acceptors (Lipinski definition) is 1. The van der Waals surface area contributed by atoms with Crippen molar-refractivity contribution in [2.45, 2.75) is 32.4 Å². The first-order valence-corrected chi connectivity index (χ1v) is 4.57. The van der Waals surface area contributed by atoms with Crippen LogP contribution in [0, 0.1) is 0 Å². The second-order valence-corrected chi connectivity index (χ2v) is 4.41. The molecule has 0 saturated carbocycles. The van der Waals surface area contributed by atoms with Gasteiger partial charge in [0.05, 0.1) is 0 Å². The van der Waals surface area contributed by atoms with Crippen molar-refractivity contribution in [3.8, 4) is 5.88 Å². The minimum absolute atomic E-state index is 0.101. The van der Waals surface area contributed by atoms with E-state index in [-0.39, 0.29) is 11.3 Å². The van der Waals surface area contributed by atoms with Crippen molar-refractivity contribution in [1.82, 2.24) is 4.98 Å². The predicted molar refractivity (Wildman–Crippen MR) is 51.0 cm³/mol. The van der Waals surface area contributed by atoms with Crippen LogP contribution in [-0.4, -0.2) is 17.8 Å². The monoisotopic (exact) mass is 221 g/mol. The van der Waals surface area contributed by atoms with Gasteiger partial charge < -0.3 is 9.72 Å². The number of nitrogens with one attached hydrogen (secondary N) is 1. The van der Waals surface area contributed by atoms with Crippen molar-refractivity contribution < 1.29 is 17.9 Å². The summed E-state index contributed by atoms with van der Waals surface area (Å²) in [4.78, 5) is 2.66. The molecule has 1 N–H and O–H groups in total. The Labute approximate surface area is 86.4 Å². The molecular weight excluding hydrogens is 207 g/mol. The van der Waals surface area contributed by atoms with Crippen LogP contribution in [0.15, 0.2) is 12.3 Å². The molecule has 0 unspecified atom stereocenters. The van der Waals surface area contributed by atoms with Gasteiger partial charge in [-0.2, -0.15) is 13.2 Å². The molecule has 0 aliphatic carbocycles. The van der Waals surface area contributed by atoms with Gasteiger partial charge in [-0.1, -0.05) is 20.8 Å². The van der Waals surface area contributed by atoms with Gasteiger partial charge in [0.15, 0.2) is 12.5 Å². The van der Waals surface area contributed by atoms with Gasteiger partial charge in [-0.15, -0.1) is 0 Å². The third-order valence-corrected chi connectivity index (χ3v) is 1.91. The largest absolute Gasteiger partial charge is 0.469 e. The summed E-state index contributed by atoms with van der Waals surface area (Å²) in [5.41, 5.74) is 0.816. The van der Waals surface area contributed by atoms with Crippen LogP contribution in [0.1, 0.15) is 26.3 Å². The van der Waals surface area contributed by atoms with E-state index >= 15 is 0 Å². The molecule has 0 aliphatic heterocycles. The summed E-state index contributed by atoms with van der Waals surface area (Å²) in [6.07, 6.45) is -2.64. The van der Waals surface area contributed by atoms with E-state index in [1.165, 1.54) is 0 Å². The maximum atomic E-state index is 11.8. The zero-order valence-electron chi connectivity index (χ0n) is 8.90. The average Bonchev–Trinajstić information content (AvgIpc) is 2.45. The van der Waals surface area contributed by atoms with Crippen molar-refractivity contribution in [3.05, 3.63) is 17.8 Å². The first-order valence-electron chi connectivity index (χ1n) is 4.57. The summed E-state index contributed by atoms with van der Waals surface area (Å²) >= 11 is 0. The maximum absolute atomic E-state index is 11.8. The Kier molecular flexibility index (Phi) is 3.02. The first-order chi connectivity index (χ1) is 6.68. The molecule has 0 aliphatic rings. The van der Waals surface area contributed by atoms with E-state index in [1.54, 1.807) is 12.3 Å². The summed E-state index contributed by atoms with van der Waals surface area (Å²) in [6, 6.07) is 1.59.